The first-order chi connectivity index (χ1) is 13.0. The lowest BCUT2D eigenvalue weighted by Crippen LogP contribution is -2.49. The van der Waals surface area contributed by atoms with Crippen LogP contribution in [0.3, 0.4) is 0 Å². The predicted octanol–water partition coefficient (Wildman–Crippen LogP) is 2.32. The molecule has 4 rings (SSSR count). The van der Waals surface area contributed by atoms with Crippen LogP contribution in [0.15, 0.2) is 39.9 Å². The number of piperazine rings is 1. The molecule has 1 N–H and O–H groups in total. The van der Waals surface area contributed by atoms with Gasteiger partial charge in [0.2, 0.25) is 10.0 Å². The summed E-state index contributed by atoms with van der Waals surface area (Å²) in [6, 6.07) is 8.30. The van der Waals surface area contributed by atoms with Gasteiger partial charge in [0, 0.05) is 49.8 Å². The Bertz CT molecular complexity index is 1030. The number of aryl methyl sites for hydroxylation is 2. The number of fused-ring (bicyclic) bond motifs is 1. The van der Waals surface area contributed by atoms with Gasteiger partial charge in [0.1, 0.15) is 10.6 Å². The van der Waals surface area contributed by atoms with E-state index in [-0.39, 0.29) is 4.90 Å². The lowest BCUT2D eigenvalue weighted by molar-refractivity contribution is 0.190. The highest BCUT2D eigenvalue weighted by atomic mass is 32.2. The van der Waals surface area contributed by atoms with E-state index < -0.39 is 10.0 Å². The fraction of sp³-hybridized carbons (Fsp3) is 0.421. The second-order valence-electron chi connectivity index (χ2n) is 7.01. The lowest BCUT2D eigenvalue weighted by Gasteiger charge is -2.33. The highest BCUT2D eigenvalue weighted by Crippen LogP contribution is 2.24. The molecule has 1 fully saturated rings. The molecule has 1 aromatic carbocycles. The molecule has 0 atom stereocenters. The molecule has 0 radical (unpaired) electrons. The third-order valence-corrected chi connectivity index (χ3v) is 7.41. The van der Waals surface area contributed by atoms with E-state index >= 15 is 0 Å². The van der Waals surface area contributed by atoms with Crippen LogP contribution in [0.2, 0.25) is 0 Å². The predicted molar refractivity (Wildman–Crippen MR) is 103 cm³/mol. The third-order valence-electron chi connectivity index (χ3n) is 5.27. The van der Waals surface area contributed by atoms with Crippen molar-refractivity contribution < 1.29 is 12.9 Å². The highest BCUT2D eigenvalue weighted by Gasteiger charge is 2.33. The maximum Gasteiger partial charge on any atom is 0.248 e. The molecule has 0 spiro atoms. The Hall–Kier alpha value is -2.16. The summed E-state index contributed by atoms with van der Waals surface area (Å²) in [4.78, 5) is 5.85. The Morgan fingerprint density at radius 3 is 2.59 bits per heavy atom. The number of aromatic amines is 1. The molecule has 2 aromatic heterocycles. The van der Waals surface area contributed by atoms with E-state index in [9.17, 15) is 8.42 Å². The van der Waals surface area contributed by atoms with E-state index in [4.69, 9.17) is 4.52 Å². The minimum atomic E-state index is -3.55. The number of hydrogen-bond donors (Lipinski definition) is 1. The van der Waals surface area contributed by atoms with Crippen molar-refractivity contribution in [3.8, 4) is 0 Å². The van der Waals surface area contributed by atoms with Crippen molar-refractivity contribution in [1.29, 1.82) is 0 Å². The molecular weight excluding hydrogens is 364 g/mol. The number of sulfonamides is 1. The third kappa shape index (κ3) is 3.40. The van der Waals surface area contributed by atoms with E-state index in [2.05, 4.69) is 39.4 Å². The second-order valence-corrected chi connectivity index (χ2v) is 8.88. The molecule has 0 unspecified atom stereocenters. The summed E-state index contributed by atoms with van der Waals surface area (Å²) in [6.45, 7) is 6.66. The molecule has 1 aliphatic heterocycles. The summed E-state index contributed by atoms with van der Waals surface area (Å²) in [7, 11) is -3.55. The fourth-order valence-electron chi connectivity index (χ4n) is 3.78. The Morgan fingerprint density at radius 2 is 1.89 bits per heavy atom. The van der Waals surface area contributed by atoms with Crippen LogP contribution in [0, 0.1) is 13.8 Å². The van der Waals surface area contributed by atoms with Crippen LogP contribution in [0.1, 0.15) is 17.0 Å². The van der Waals surface area contributed by atoms with Crippen molar-refractivity contribution in [2.24, 2.45) is 0 Å². The van der Waals surface area contributed by atoms with Crippen LogP contribution >= 0.6 is 0 Å². The van der Waals surface area contributed by atoms with Crippen LogP contribution in [-0.4, -0.2) is 60.5 Å². The van der Waals surface area contributed by atoms with Crippen molar-refractivity contribution >= 4 is 20.9 Å². The highest BCUT2D eigenvalue weighted by molar-refractivity contribution is 7.89. The molecule has 1 saturated heterocycles. The van der Waals surface area contributed by atoms with Crippen LogP contribution in [0.5, 0.6) is 0 Å². The molecule has 0 aliphatic carbocycles. The molecule has 3 heterocycles. The van der Waals surface area contributed by atoms with Gasteiger partial charge in [-0.1, -0.05) is 23.4 Å². The summed E-state index contributed by atoms with van der Waals surface area (Å²) in [5.74, 6) is 0.356. The Kier molecular flexibility index (Phi) is 4.79. The van der Waals surface area contributed by atoms with Gasteiger partial charge in [0.05, 0.1) is 0 Å². The summed E-state index contributed by atoms with van der Waals surface area (Å²) in [5.41, 5.74) is 2.88. The first-order valence-corrected chi connectivity index (χ1v) is 10.6. The Balaban J connectivity index is 1.38. The zero-order chi connectivity index (χ0) is 19.0. The van der Waals surface area contributed by atoms with Crippen molar-refractivity contribution in [3.63, 3.8) is 0 Å². The van der Waals surface area contributed by atoms with Gasteiger partial charge in [-0.15, -0.1) is 0 Å². The van der Waals surface area contributed by atoms with Gasteiger partial charge in [-0.05, 0) is 31.9 Å². The van der Waals surface area contributed by atoms with Gasteiger partial charge in [0.15, 0.2) is 5.76 Å². The lowest BCUT2D eigenvalue weighted by atomic mass is 10.1. The first-order valence-electron chi connectivity index (χ1n) is 9.17. The quantitative estimate of drug-likeness (QED) is 0.725. The van der Waals surface area contributed by atoms with Crippen molar-refractivity contribution in [1.82, 2.24) is 19.3 Å². The molecule has 0 amide bonds. The van der Waals surface area contributed by atoms with Crippen LogP contribution < -0.4 is 0 Å². The van der Waals surface area contributed by atoms with Gasteiger partial charge in [-0.25, -0.2) is 8.42 Å². The summed E-state index contributed by atoms with van der Waals surface area (Å²) < 4.78 is 32.4. The number of aromatic nitrogens is 2. The largest absolute Gasteiger partial charge is 0.361 e. The Morgan fingerprint density at radius 1 is 1.15 bits per heavy atom. The number of rotatable bonds is 5. The summed E-state index contributed by atoms with van der Waals surface area (Å²) in [5, 5.41) is 5.04. The van der Waals surface area contributed by atoms with Gasteiger partial charge in [-0.3, -0.25) is 0 Å². The molecule has 1 aliphatic rings. The maximum absolute atomic E-state index is 12.9. The molecule has 144 valence electrons. The number of nitrogens with zero attached hydrogens (tertiary/aromatic N) is 3. The van der Waals surface area contributed by atoms with Crippen molar-refractivity contribution in [3.05, 3.63) is 47.5 Å². The van der Waals surface area contributed by atoms with E-state index in [1.165, 1.54) is 10.9 Å². The van der Waals surface area contributed by atoms with Crippen molar-refractivity contribution in [2.75, 3.05) is 32.7 Å². The van der Waals surface area contributed by atoms with Gasteiger partial charge in [0.25, 0.3) is 0 Å². The number of para-hydroxylation sites is 1. The first kappa shape index (κ1) is 18.2. The molecule has 7 nitrogen and oxygen atoms in total. The average molecular weight is 388 g/mol. The van der Waals surface area contributed by atoms with Gasteiger partial charge in [-0.2, -0.15) is 4.31 Å². The number of hydrogen-bond acceptors (Lipinski definition) is 5. The smallest absolute Gasteiger partial charge is 0.248 e. The maximum atomic E-state index is 12.9. The van der Waals surface area contributed by atoms with Crippen molar-refractivity contribution in [2.45, 2.75) is 25.2 Å². The normalized spacial score (nSPS) is 17.0. The number of nitrogens with one attached hydrogen (secondary N) is 1. The van der Waals surface area contributed by atoms with E-state index in [1.54, 1.807) is 18.2 Å². The standard InChI is InChI=1S/C19H24N4O3S/c1-14-19(15(2)26-21-14)27(24,25)23-11-9-22(10-12-23)8-7-16-13-20-18-6-4-3-5-17(16)18/h3-6,13,20H,7-12H2,1-2H3. The SMILES string of the molecule is Cc1noc(C)c1S(=O)(=O)N1CCN(CCc2c[nH]c3ccccc23)CC1. The second kappa shape index (κ2) is 7.10. The van der Waals surface area contributed by atoms with Gasteiger partial charge < -0.3 is 14.4 Å². The zero-order valence-corrected chi connectivity index (χ0v) is 16.4. The monoisotopic (exact) mass is 388 g/mol. The van der Waals surface area contributed by atoms with E-state index in [0.717, 1.165) is 31.6 Å². The molecular formula is C19H24N4O3S. The zero-order valence-electron chi connectivity index (χ0n) is 15.6. The van der Waals surface area contributed by atoms with Crippen LogP contribution in [0.4, 0.5) is 0 Å². The average Bonchev–Trinajstić information content (AvgIpc) is 3.23. The number of benzene rings is 1. The fourth-order valence-corrected chi connectivity index (χ4v) is 5.50. The minimum Gasteiger partial charge on any atom is -0.361 e. The van der Waals surface area contributed by atoms with Crippen LogP contribution in [0.25, 0.3) is 10.9 Å². The molecule has 8 heteroatoms. The topological polar surface area (TPSA) is 82.4 Å². The number of H-pyrrole nitrogens is 1. The Labute approximate surface area is 159 Å². The van der Waals surface area contributed by atoms with Crippen LogP contribution in [-0.2, 0) is 16.4 Å². The minimum absolute atomic E-state index is 0.217. The molecule has 0 bridgehead atoms. The van der Waals surface area contributed by atoms with E-state index in [1.807, 2.05) is 6.07 Å². The van der Waals surface area contributed by atoms with E-state index in [0.29, 0.717) is 24.5 Å². The molecule has 27 heavy (non-hydrogen) atoms. The van der Waals surface area contributed by atoms with Gasteiger partial charge >= 0.3 is 0 Å². The molecule has 3 aromatic rings. The summed E-state index contributed by atoms with van der Waals surface area (Å²) in [6.07, 6.45) is 3.02. The molecule has 0 saturated carbocycles. The summed E-state index contributed by atoms with van der Waals surface area (Å²) >= 11 is 0.